The molecule has 4 N–H and O–H groups in total. The summed E-state index contributed by atoms with van der Waals surface area (Å²) < 4.78 is 2.08. The lowest BCUT2D eigenvalue weighted by atomic mass is 10.3. The van der Waals surface area contributed by atoms with E-state index < -0.39 is 0 Å². The van der Waals surface area contributed by atoms with Gasteiger partial charge < -0.3 is 16.0 Å². The molecule has 0 radical (unpaired) electrons. The van der Waals surface area contributed by atoms with Gasteiger partial charge in [-0.3, -0.25) is 0 Å². The minimum absolute atomic E-state index is 0.0314. The number of guanidine groups is 1. The van der Waals surface area contributed by atoms with Crippen LogP contribution in [0.3, 0.4) is 0 Å². The fourth-order valence-electron chi connectivity index (χ4n) is 1.41. The Bertz CT molecular complexity index is 533. The second-order valence-electron chi connectivity index (χ2n) is 3.47. The van der Waals surface area contributed by atoms with Crippen LogP contribution in [0.2, 0.25) is 0 Å². The second-order valence-corrected chi connectivity index (χ2v) is 4.31. The van der Waals surface area contributed by atoms with Crippen LogP contribution in [0.4, 0.5) is 5.13 Å². The molecule has 0 amide bonds. The first-order valence-corrected chi connectivity index (χ1v) is 5.64. The normalized spacial score (nSPS) is 10.4. The zero-order valence-electron chi connectivity index (χ0n) is 9.14. The Morgan fingerprint density at radius 2 is 2.19 bits per heavy atom. The fourth-order valence-corrected chi connectivity index (χ4v) is 2.11. The molecular formula is C10H13N5S. The van der Waals surface area contributed by atoms with Crippen LogP contribution >= 0.6 is 11.3 Å². The number of rotatable bonds is 2. The van der Waals surface area contributed by atoms with Crippen molar-refractivity contribution in [1.29, 1.82) is 0 Å². The lowest BCUT2D eigenvalue weighted by molar-refractivity contribution is 0.887. The van der Waals surface area contributed by atoms with Crippen LogP contribution in [0.25, 0.3) is 11.4 Å². The number of thiazole rings is 1. The lowest BCUT2D eigenvalue weighted by Gasteiger charge is -2.00. The Morgan fingerprint density at radius 1 is 1.44 bits per heavy atom. The second kappa shape index (κ2) is 3.97. The molecule has 0 aliphatic heterocycles. The van der Waals surface area contributed by atoms with Crippen LogP contribution < -0.4 is 11.5 Å². The summed E-state index contributed by atoms with van der Waals surface area (Å²) in [5.74, 6) is 0.0314. The lowest BCUT2D eigenvalue weighted by Crippen LogP contribution is -2.21. The van der Waals surface area contributed by atoms with E-state index in [1.165, 1.54) is 17.0 Å². The highest BCUT2D eigenvalue weighted by atomic mass is 32.1. The minimum atomic E-state index is 0.0314. The quantitative estimate of drug-likeness (QED) is 0.609. The SMILES string of the molecule is Cc1ccc(-c2csc(N=C(N)N)n2)n1C. The van der Waals surface area contributed by atoms with E-state index in [-0.39, 0.29) is 5.96 Å². The monoisotopic (exact) mass is 235 g/mol. The van der Waals surface area contributed by atoms with Gasteiger partial charge >= 0.3 is 0 Å². The van der Waals surface area contributed by atoms with Gasteiger partial charge in [0.25, 0.3) is 0 Å². The van der Waals surface area contributed by atoms with Gasteiger partial charge in [0.15, 0.2) is 5.96 Å². The Labute approximate surface area is 97.4 Å². The van der Waals surface area contributed by atoms with Crippen LogP contribution in [0.1, 0.15) is 5.69 Å². The molecular weight excluding hydrogens is 222 g/mol. The number of nitrogens with two attached hydrogens (primary N) is 2. The van der Waals surface area contributed by atoms with E-state index in [0.717, 1.165) is 11.4 Å². The van der Waals surface area contributed by atoms with Gasteiger partial charge in [0.2, 0.25) is 5.13 Å². The maximum Gasteiger partial charge on any atom is 0.212 e. The molecule has 0 aliphatic rings. The molecule has 0 saturated heterocycles. The van der Waals surface area contributed by atoms with Crippen molar-refractivity contribution in [2.24, 2.45) is 23.5 Å². The summed E-state index contributed by atoms with van der Waals surface area (Å²) in [5.41, 5.74) is 13.7. The molecule has 2 rings (SSSR count). The predicted molar refractivity (Wildman–Crippen MR) is 66.7 cm³/mol. The Kier molecular flexibility index (Phi) is 2.66. The first-order valence-electron chi connectivity index (χ1n) is 4.76. The van der Waals surface area contributed by atoms with Gasteiger partial charge in [-0.1, -0.05) is 0 Å². The smallest absolute Gasteiger partial charge is 0.212 e. The molecule has 2 aromatic rings. The average Bonchev–Trinajstić information content (AvgIpc) is 2.75. The maximum atomic E-state index is 5.30. The minimum Gasteiger partial charge on any atom is -0.370 e. The van der Waals surface area contributed by atoms with E-state index in [1.807, 2.05) is 25.4 Å². The Hall–Kier alpha value is -1.82. The van der Waals surface area contributed by atoms with E-state index in [0.29, 0.717) is 5.13 Å². The van der Waals surface area contributed by atoms with Crippen molar-refractivity contribution in [3.8, 4) is 11.4 Å². The summed E-state index contributed by atoms with van der Waals surface area (Å²) >= 11 is 1.42. The van der Waals surface area contributed by atoms with Crippen molar-refractivity contribution in [2.75, 3.05) is 0 Å². The van der Waals surface area contributed by atoms with Gasteiger partial charge in [-0.25, -0.2) is 4.98 Å². The van der Waals surface area contributed by atoms with Crippen LogP contribution in [0, 0.1) is 6.92 Å². The molecule has 84 valence electrons. The van der Waals surface area contributed by atoms with Gasteiger partial charge in [0.05, 0.1) is 5.69 Å². The molecule has 0 unspecified atom stereocenters. The molecule has 16 heavy (non-hydrogen) atoms. The highest BCUT2D eigenvalue weighted by Gasteiger charge is 2.08. The first-order chi connectivity index (χ1) is 7.58. The number of aryl methyl sites for hydroxylation is 1. The van der Waals surface area contributed by atoms with Crippen LogP contribution in [0.15, 0.2) is 22.5 Å². The van der Waals surface area contributed by atoms with E-state index >= 15 is 0 Å². The Morgan fingerprint density at radius 3 is 2.75 bits per heavy atom. The van der Waals surface area contributed by atoms with Crippen molar-refractivity contribution in [3.63, 3.8) is 0 Å². The zero-order chi connectivity index (χ0) is 11.7. The number of hydrogen-bond acceptors (Lipinski definition) is 3. The molecule has 5 nitrogen and oxygen atoms in total. The summed E-state index contributed by atoms with van der Waals surface area (Å²) in [4.78, 5) is 8.26. The molecule has 2 aromatic heterocycles. The van der Waals surface area contributed by atoms with Gasteiger partial charge in [-0.05, 0) is 19.1 Å². The van der Waals surface area contributed by atoms with Crippen molar-refractivity contribution in [2.45, 2.75) is 6.92 Å². The molecule has 0 atom stereocenters. The summed E-state index contributed by atoms with van der Waals surface area (Å²) in [6, 6.07) is 4.08. The molecule has 0 aromatic carbocycles. The van der Waals surface area contributed by atoms with Gasteiger partial charge in [0.1, 0.15) is 5.69 Å². The highest BCUT2D eigenvalue weighted by Crippen LogP contribution is 2.27. The van der Waals surface area contributed by atoms with Gasteiger partial charge in [-0.15, -0.1) is 11.3 Å². The number of aromatic nitrogens is 2. The Balaban J connectivity index is 2.39. The number of aliphatic imine (C=N–C) groups is 1. The third kappa shape index (κ3) is 1.92. The van der Waals surface area contributed by atoms with Gasteiger partial charge in [0, 0.05) is 18.1 Å². The van der Waals surface area contributed by atoms with Crippen molar-refractivity contribution in [3.05, 3.63) is 23.2 Å². The molecule has 0 spiro atoms. The number of nitrogens with zero attached hydrogens (tertiary/aromatic N) is 3. The van der Waals surface area contributed by atoms with E-state index in [4.69, 9.17) is 11.5 Å². The first kappa shape index (κ1) is 10.7. The third-order valence-corrected chi connectivity index (χ3v) is 3.09. The molecule has 6 heteroatoms. The molecule has 0 fully saturated rings. The van der Waals surface area contributed by atoms with E-state index in [2.05, 4.69) is 20.6 Å². The molecule has 0 bridgehead atoms. The molecule has 2 heterocycles. The maximum absolute atomic E-state index is 5.30. The summed E-state index contributed by atoms with van der Waals surface area (Å²) in [7, 11) is 2.00. The fraction of sp³-hybridized carbons (Fsp3) is 0.200. The molecule has 0 saturated carbocycles. The zero-order valence-corrected chi connectivity index (χ0v) is 9.95. The standard InChI is InChI=1S/C10H13N5S/c1-6-3-4-8(15(6)2)7-5-16-10(13-7)14-9(11)12/h3-5H,1-2H3,(H4,11,12,13,14). The van der Waals surface area contributed by atoms with Crippen molar-refractivity contribution in [1.82, 2.24) is 9.55 Å². The predicted octanol–water partition coefficient (Wildman–Crippen LogP) is 1.36. The van der Waals surface area contributed by atoms with Crippen LogP contribution in [0.5, 0.6) is 0 Å². The topological polar surface area (TPSA) is 82.2 Å². The van der Waals surface area contributed by atoms with Crippen molar-refractivity contribution >= 4 is 22.4 Å². The van der Waals surface area contributed by atoms with Crippen LogP contribution in [-0.4, -0.2) is 15.5 Å². The largest absolute Gasteiger partial charge is 0.370 e. The summed E-state index contributed by atoms with van der Waals surface area (Å²) in [6.07, 6.45) is 0. The van der Waals surface area contributed by atoms with E-state index in [9.17, 15) is 0 Å². The summed E-state index contributed by atoms with van der Waals surface area (Å²) in [5, 5.41) is 2.52. The highest BCUT2D eigenvalue weighted by molar-refractivity contribution is 7.13. The number of hydrogen-bond donors (Lipinski definition) is 2. The average molecular weight is 235 g/mol. The van der Waals surface area contributed by atoms with E-state index in [1.54, 1.807) is 0 Å². The summed E-state index contributed by atoms with van der Waals surface area (Å²) in [6.45, 7) is 2.05. The molecule has 0 aliphatic carbocycles. The van der Waals surface area contributed by atoms with Crippen LogP contribution in [-0.2, 0) is 7.05 Å². The van der Waals surface area contributed by atoms with Gasteiger partial charge in [-0.2, -0.15) is 4.99 Å². The third-order valence-electron chi connectivity index (χ3n) is 2.35. The van der Waals surface area contributed by atoms with Crippen molar-refractivity contribution < 1.29 is 0 Å².